The molecule has 0 bridgehead atoms. The van der Waals surface area contributed by atoms with Crippen molar-refractivity contribution in [1.29, 1.82) is 0 Å². The minimum atomic E-state index is -5.16. The Morgan fingerprint density at radius 2 is 1.74 bits per heavy atom. The van der Waals surface area contributed by atoms with Crippen LogP contribution in [0.5, 0.6) is 23.0 Å². The van der Waals surface area contributed by atoms with Crippen LogP contribution in [0.1, 0.15) is 30.0 Å². The standard InChI is InChI=1S/C29H27F5N2O7/c1-40-19-12-18(13-20(14-19)42-9-3-4-26(37)38)35-27(21-6-5-17(30)11-24(21)41-2)28(39)36-8-7-16-10-22(31)25(15-23(16)36)43-29(32,33)34/h5-6,10-15,27,35H,3-4,7-9H2,1-2H3,(H,37,38). The predicted octanol–water partition coefficient (Wildman–Crippen LogP) is 5.87. The maximum absolute atomic E-state index is 14.4. The molecule has 1 aliphatic heterocycles. The summed E-state index contributed by atoms with van der Waals surface area (Å²) in [4.78, 5) is 26.1. The molecule has 0 aliphatic carbocycles. The molecule has 0 aromatic heterocycles. The molecule has 14 heteroatoms. The van der Waals surface area contributed by atoms with E-state index in [1.807, 2.05) is 0 Å². The fraction of sp³-hybridized carbons (Fsp3) is 0.310. The summed E-state index contributed by atoms with van der Waals surface area (Å²) in [5.74, 6) is -3.97. The maximum Gasteiger partial charge on any atom is 0.573 e. The zero-order chi connectivity index (χ0) is 31.3. The molecule has 0 spiro atoms. The van der Waals surface area contributed by atoms with Crippen molar-refractivity contribution in [3.63, 3.8) is 0 Å². The number of rotatable bonds is 12. The lowest BCUT2D eigenvalue weighted by atomic mass is 10.0. The number of nitrogens with one attached hydrogen (secondary N) is 1. The molecule has 1 atom stereocenters. The molecule has 1 amide bonds. The van der Waals surface area contributed by atoms with Crippen LogP contribution < -0.4 is 29.2 Å². The van der Waals surface area contributed by atoms with Crippen LogP contribution in [-0.2, 0) is 16.0 Å². The lowest BCUT2D eigenvalue weighted by Crippen LogP contribution is -2.37. The first-order valence-electron chi connectivity index (χ1n) is 12.9. The third kappa shape index (κ3) is 7.76. The second kappa shape index (κ2) is 13.0. The molecular weight excluding hydrogens is 583 g/mol. The number of carboxylic acid groups (broad SMARTS) is 1. The SMILES string of the molecule is COc1cc(NC(C(=O)N2CCc3cc(F)c(OC(F)(F)F)cc32)c2ccc(F)cc2OC)cc(OCCCC(=O)O)c1. The van der Waals surface area contributed by atoms with Gasteiger partial charge in [0.15, 0.2) is 11.6 Å². The van der Waals surface area contributed by atoms with E-state index in [1.165, 1.54) is 31.3 Å². The van der Waals surface area contributed by atoms with Crippen molar-refractivity contribution in [2.45, 2.75) is 31.7 Å². The second-order valence-corrected chi connectivity index (χ2v) is 9.41. The van der Waals surface area contributed by atoms with Gasteiger partial charge in [0.2, 0.25) is 0 Å². The highest BCUT2D eigenvalue weighted by Crippen LogP contribution is 2.39. The van der Waals surface area contributed by atoms with Crippen LogP contribution >= 0.6 is 0 Å². The van der Waals surface area contributed by atoms with Gasteiger partial charge in [-0.3, -0.25) is 9.59 Å². The molecule has 3 aromatic rings. The van der Waals surface area contributed by atoms with Gasteiger partial charge < -0.3 is 34.3 Å². The Morgan fingerprint density at radius 3 is 2.42 bits per heavy atom. The van der Waals surface area contributed by atoms with E-state index in [9.17, 15) is 31.5 Å². The van der Waals surface area contributed by atoms with Crippen molar-refractivity contribution in [1.82, 2.24) is 0 Å². The average molecular weight is 611 g/mol. The van der Waals surface area contributed by atoms with Crippen LogP contribution in [0.3, 0.4) is 0 Å². The van der Waals surface area contributed by atoms with Crippen molar-refractivity contribution in [3.05, 3.63) is 71.3 Å². The van der Waals surface area contributed by atoms with Gasteiger partial charge in [0.1, 0.15) is 29.1 Å². The highest BCUT2D eigenvalue weighted by molar-refractivity contribution is 6.01. The molecule has 230 valence electrons. The number of fused-ring (bicyclic) bond motifs is 1. The summed E-state index contributed by atoms with van der Waals surface area (Å²) in [5, 5.41) is 11.9. The molecule has 43 heavy (non-hydrogen) atoms. The minimum absolute atomic E-state index is 0.0125. The third-order valence-electron chi connectivity index (χ3n) is 6.50. The first-order valence-corrected chi connectivity index (χ1v) is 12.9. The third-order valence-corrected chi connectivity index (χ3v) is 6.50. The number of hydrogen-bond acceptors (Lipinski definition) is 7. The molecular formula is C29H27F5N2O7. The molecule has 0 radical (unpaired) electrons. The summed E-state index contributed by atoms with van der Waals surface area (Å²) >= 11 is 0. The number of hydrogen-bond donors (Lipinski definition) is 2. The second-order valence-electron chi connectivity index (χ2n) is 9.41. The van der Waals surface area contributed by atoms with Crippen molar-refractivity contribution < 1.29 is 55.6 Å². The van der Waals surface area contributed by atoms with E-state index in [2.05, 4.69) is 10.1 Å². The summed E-state index contributed by atoms with van der Waals surface area (Å²) in [7, 11) is 2.68. The summed E-state index contributed by atoms with van der Waals surface area (Å²) in [5.41, 5.74) is 0.815. The first kappa shape index (κ1) is 31.2. The fourth-order valence-electron chi connectivity index (χ4n) is 4.61. The summed E-state index contributed by atoms with van der Waals surface area (Å²) in [6, 6.07) is 8.56. The average Bonchev–Trinajstić information content (AvgIpc) is 3.35. The highest BCUT2D eigenvalue weighted by Gasteiger charge is 2.37. The number of carbonyl (C=O) groups is 2. The molecule has 1 unspecified atom stereocenters. The smallest absolute Gasteiger partial charge is 0.497 e. The number of benzene rings is 3. The minimum Gasteiger partial charge on any atom is -0.497 e. The quantitative estimate of drug-likeness (QED) is 0.194. The summed E-state index contributed by atoms with van der Waals surface area (Å²) in [6.07, 6.45) is -4.87. The van der Waals surface area contributed by atoms with Gasteiger partial charge in [-0.1, -0.05) is 0 Å². The van der Waals surface area contributed by atoms with E-state index in [1.54, 1.807) is 12.1 Å². The number of carboxylic acids is 1. The Bertz CT molecular complexity index is 1500. The van der Waals surface area contributed by atoms with Gasteiger partial charge in [-0.05, 0) is 36.6 Å². The zero-order valence-electron chi connectivity index (χ0n) is 23.0. The van der Waals surface area contributed by atoms with E-state index in [4.69, 9.17) is 19.3 Å². The number of alkyl halides is 3. The van der Waals surface area contributed by atoms with E-state index in [-0.39, 0.29) is 49.4 Å². The van der Waals surface area contributed by atoms with Crippen LogP contribution in [0, 0.1) is 11.6 Å². The number of aliphatic carboxylic acids is 1. The van der Waals surface area contributed by atoms with Gasteiger partial charge in [-0.15, -0.1) is 13.2 Å². The van der Waals surface area contributed by atoms with E-state index < -0.39 is 41.7 Å². The van der Waals surface area contributed by atoms with Crippen molar-refractivity contribution in [2.75, 3.05) is 37.6 Å². The fourth-order valence-corrected chi connectivity index (χ4v) is 4.61. The number of amides is 1. The normalized spacial score (nSPS) is 13.2. The molecule has 0 saturated carbocycles. The van der Waals surface area contributed by atoms with Gasteiger partial charge in [0.05, 0.1) is 26.5 Å². The van der Waals surface area contributed by atoms with Crippen LogP contribution in [0.4, 0.5) is 33.3 Å². The van der Waals surface area contributed by atoms with Gasteiger partial charge in [-0.25, -0.2) is 8.78 Å². The van der Waals surface area contributed by atoms with Gasteiger partial charge >= 0.3 is 12.3 Å². The Morgan fingerprint density at radius 1 is 1.00 bits per heavy atom. The van der Waals surface area contributed by atoms with E-state index in [0.717, 1.165) is 24.3 Å². The highest BCUT2D eigenvalue weighted by atomic mass is 19.4. The number of methoxy groups -OCH3 is 2. The Hall–Kier alpha value is -4.75. The van der Waals surface area contributed by atoms with E-state index in [0.29, 0.717) is 22.7 Å². The van der Waals surface area contributed by atoms with Crippen molar-refractivity contribution >= 4 is 23.3 Å². The van der Waals surface area contributed by atoms with Crippen molar-refractivity contribution in [2.24, 2.45) is 0 Å². The van der Waals surface area contributed by atoms with Crippen LogP contribution in [0.2, 0.25) is 0 Å². The maximum atomic E-state index is 14.4. The summed E-state index contributed by atoms with van der Waals surface area (Å²) in [6.45, 7) is 0.0946. The van der Waals surface area contributed by atoms with Gasteiger partial charge in [0.25, 0.3) is 5.91 Å². The van der Waals surface area contributed by atoms with Crippen LogP contribution in [-0.4, -0.2) is 50.7 Å². The summed E-state index contributed by atoms with van der Waals surface area (Å²) < 4.78 is 87.3. The number of carbonyl (C=O) groups excluding carboxylic acids is 1. The molecule has 9 nitrogen and oxygen atoms in total. The predicted molar refractivity (Wildman–Crippen MR) is 144 cm³/mol. The number of nitrogens with zero attached hydrogens (tertiary/aromatic N) is 1. The van der Waals surface area contributed by atoms with E-state index >= 15 is 0 Å². The monoisotopic (exact) mass is 610 g/mol. The topological polar surface area (TPSA) is 107 Å². The first-order chi connectivity index (χ1) is 20.4. The number of halogens is 5. The van der Waals surface area contributed by atoms with Gasteiger partial charge in [0, 0.05) is 54.5 Å². The molecule has 2 N–H and O–H groups in total. The van der Waals surface area contributed by atoms with Crippen LogP contribution in [0.25, 0.3) is 0 Å². The Kier molecular flexibility index (Phi) is 9.46. The van der Waals surface area contributed by atoms with Crippen LogP contribution in [0.15, 0.2) is 48.5 Å². The number of ether oxygens (including phenoxy) is 4. The molecule has 1 heterocycles. The Labute approximate surface area is 242 Å². The lowest BCUT2D eigenvalue weighted by molar-refractivity contribution is -0.275. The molecule has 1 aliphatic rings. The molecule has 0 saturated heterocycles. The largest absolute Gasteiger partial charge is 0.573 e. The molecule has 0 fully saturated rings. The Balaban J connectivity index is 1.72. The number of anilines is 2. The zero-order valence-corrected chi connectivity index (χ0v) is 23.0. The lowest BCUT2D eigenvalue weighted by Gasteiger charge is -2.27. The molecule has 4 rings (SSSR count). The van der Waals surface area contributed by atoms with Gasteiger partial charge in [-0.2, -0.15) is 0 Å². The molecule has 3 aromatic carbocycles. The van der Waals surface area contributed by atoms with Crippen molar-refractivity contribution in [3.8, 4) is 23.0 Å².